The Morgan fingerprint density at radius 2 is 1.34 bits per heavy atom. The minimum atomic E-state index is -1.23. The van der Waals surface area contributed by atoms with Crippen molar-refractivity contribution >= 4 is 39.1 Å². The normalized spacial score (nSPS) is 17.2. The van der Waals surface area contributed by atoms with Crippen LogP contribution in [-0.4, -0.2) is 11.8 Å². The van der Waals surface area contributed by atoms with Crippen molar-refractivity contribution in [1.29, 1.82) is 0 Å². The third-order valence-corrected chi connectivity index (χ3v) is 6.21. The van der Waals surface area contributed by atoms with Crippen LogP contribution in [0.15, 0.2) is 114 Å². The van der Waals surface area contributed by atoms with Gasteiger partial charge >= 0.3 is 0 Å². The molecule has 0 saturated heterocycles. The van der Waals surface area contributed by atoms with E-state index in [0.717, 1.165) is 21.3 Å². The number of hydrogen-bond acceptors (Lipinski definition) is 3. The second-order valence-corrected chi connectivity index (χ2v) is 8.49. The number of para-hydroxylation sites is 2. The van der Waals surface area contributed by atoms with Gasteiger partial charge < -0.3 is 5.32 Å². The van der Waals surface area contributed by atoms with Crippen molar-refractivity contribution in [3.63, 3.8) is 0 Å². The molecule has 0 aromatic heterocycles. The molecule has 2 amide bonds. The van der Waals surface area contributed by atoms with Gasteiger partial charge in [0.25, 0.3) is 11.8 Å². The summed E-state index contributed by atoms with van der Waals surface area (Å²) in [4.78, 5) is 29.1. The lowest BCUT2D eigenvalue weighted by molar-refractivity contribution is -0.120. The van der Waals surface area contributed by atoms with Crippen molar-refractivity contribution in [3.05, 3.63) is 130 Å². The molecule has 4 aromatic carbocycles. The number of hydrogen-bond donors (Lipinski definition) is 1. The Balaban J connectivity index is 1.71. The maximum absolute atomic E-state index is 14.2. The van der Waals surface area contributed by atoms with Crippen LogP contribution >= 0.6 is 15.9 Å². The first-order valence-corrected chi connectivity index (χ1v) is 11.0. The van der Waals surface area contributed by atoms with E-state index in [1.54, 1.807) is 24.3 Å². The van der Waals surface area contributed by atoms with E-state index >= 15 is 0 Å². The van der Waals surface area contributed by atoms with Crippen LogP contribution in [0, 0.1) is 0 Å². The summed E-state index contributed by atoms with van der Waals surface area (Å²) in [6, 6.07) is 33.6. The Bertz CT molecular complexity index is 1290. The van der Waals surface area contributed by atoms with Crippen molar-refractivity contribution < 1.29 is 9.59 Å². The van der Waals surface area contributed by atoms with Crippen LogP contribution in [0.1, 0.15) is 21.5 Å². The molecule has 1 aliphatic rings. The molecule has 4 aromatic rings. The summed E-state index contributed by atoms with van der Waals surface area (Å²) < 4.78 is 0.867. The number of carbonyl (C=O) groups is 2. The van der Waals surface area contributed by atoms with Crippen LogP contribution in [0.5, 0.6) is 0 Å². The molecule has 1 N–H and O–H groups in total. The van der Waals surface area contributed by atoms with Gasteiger partial charge in [0.15, 0.2) is 5.54 Å². The lowest BCUT2D eigenvalue weighted by Gasteiger charge is -2.31. The van der Waals surface area contributed by atoms with Crippen LogP contribution in [0.2, 0.25) is 0 Å². The summed E-state index contributed by atoms with van der Waals surface area (Å²) in [5.41, 5.74) is 2.09. The summed E-state index contributed by atoms with van der Waals surface area (Å²) in [6.45, 7) is 0. The van der Waals surface area contributed by atoms with Gasteiger partial charge in [-0.25, -0.2) is 4.90 Å². The molecular weight excluding hydrogens is 464 g/mol. The SMILES string of the molecule is O=C(c1ccc(Br)cc1)N1C(=O)[C@](Nc2ccccc2)(c2ccccc2)c2ccccc21. The quantitative estimate of drug-likeness (QED) is 0.363. The van der Waals surface area contributed by atoms with E-state index in [4.69, 9.17) is 0 Å². The number of fused-ring (bicyclic) bond motifs is 1. The Hall–Kier alpha value is -3.70. The first kappa shape index (κ1) is 20.2. The largest absolute Gasteiger partial charge is 0.364 e. The summed E-state index contributed by atoms with van der Waals surface area (Å²) in [6.07, 6.45) is 0. The van der Waals surface area contributed by atoms with E-state index in [-0.39, 0.29) is 11.8 Å². The third-order valence-electron chi connectivity index (χ3n) is 5.68. The zero-order valence-electron chi connectivity index (χ0n) is 17.0. The molecule has 0 bridgehead atoms. The minimum Gasteiger partial charge on any atom is -0.364 e. The summed E-state index contributed by atoms with van der Waals surface area (Å²) >= 11 is 3.40. The average Bonchev–Trinajstić information content (AvgIpc) is 3.09. The molecule has 5 heteroatoms. The number of carbonyl (C=O) groups excluding carboxylic acids is 2. The highest BCUT2D eigenvalue weighted by molar-refractivity contribution is 9.10. The topological polar surface area (TPSA) is 49.4 Å². The van der Waals surface area contributed by atoms with Crippen molar-refractivity contribution in [1.82, 2.24) is 0 Å². The number of nitrogens with zero attached hydrogens (tertiary/aromatic N) is 1. The van der Waals surface area contributed by atoms with Gasteiger partial charge in [-0.15, -0.1) is 0 Å². The highest BCUT2D eigenvalue weighted by Gasteiger charge is 2.54. The predicted molar refractivity (Wildman–Crippen MR) is 130 cm³/mol. The van der Waals surface area contributed by atoms with Gasteiger partial charge in [-0.2, -0.15) is 0 Å². The molecule has 1 aliphatic heterocycles. The molecule has 0 aliphatic carbocycles. The van der Waals surface area contributed by atoms with Crippen molar-refractivity contribution in [3.8, 4) is 0 Å². The zero-order valence-corrected chi connectivity index (χ0v) is 18.6. The van der Waals surface area contributed by atoms with Gasteiger partial charge in [0.05, 0.1) is 5.69 Å². The highest BCUT2D eigenvalue weighted by Crippen LogP contribution is 2.47. The molecule has 0 saturated carbocycles. The molecule has 0 radical (unpaired) electrons. The van der Waals surface area contributed by atoms with Gasteiger partial charge in [0, 0.05) is 21.3 Å². The molecule has 0 spiro atoms. The van der Waals surface area contributed by atoms with Crippen LogP contribution in [0.3, 0.4) is 0 Å². The molecular formula is C27H19BrN2O2. The number of nitrogens with one attached hydrogen (secondary N) is 1. The minimum absolute atomic E-state index is 0.332. The Labute approximate surface area is 194 Å². The zero-order chi connectivity index (χ0) is 22.1. The van der Waals surface area contributed by atoms with E-state index in [1.807, 2.05) is 84.9 Å². The van der Waals surface area contributed by atoms with Gasteiger partial charge in [0.1, 0.15) is 0 Å². The first-order chi connectivity index (χ1) is 15.6. The molecule has 0 unspecified atom stereocenters. The van der Waals surface area contributed by atoms with Gasteiger partial charge in [-0.3, -0.25) is 9.59 Å². The lowest BCUT2D eigenvalue weighted by Crippen LogP contribution is -2.48. The molecule has 32 heavy (non-hydrogen) atoms. The van der Waals surface area contributed by atoms with E-state index in [2.05, 4.69) is 21.2 Å². The third kappa shape index (κ3) is 3.22. The number of amides is 2. The fourth-order valence-corrected chi connectivity index (χ4v) is 4.46. The molecule has 0 fully saturated rings. The first-order valence-electron chi connectivity index (χ1n) is 10.2. The van der Waals surface area contributed by atoms with Gasteiger partial charge in [-0.1, -0.05) is 82.7 Å². The van der Waals surface area contributed by atoms with Gasteiger partial charge in [0.2, 0.25) is 0 Å². The number of rotatable bonds is 4. The number of anilines is 2. The Kier molecular flexibility index (Phi) is 5.11. The fraction of sp³-hybridized carbons (Fsp3) is 0.0370. The Morgan fingerprint density at radius 1 is 0.750 bits per heavy atom. The monoisotopic (exact) mass is 482 g/mol. The van der Waals surface area contributed by atoms with Crippen molar-refractivity contribution in [2.24, 2.45) is 0 Å². The molecule has 4 nitrogen and oxygen atoms in total. The maximum atomic E-state index is 14.2. The highest BCUT2D eigenvalue weighted by atomic mass is 79.9. The van der Waals surface area contributed by atoms with Crippen LogP contribution in [0.25, 0.3) is 0 Å². The number of imide groups is 1. The van der Waals surface area contributed by atoms with Crippen LogP contribution in [0.4, 0.5) is 11.4 Å². The second kappa shape index (κ2) is 8.09. The van der Waals surface area contributed by atoms with E-state index in [9.17, 15) is 9.59 Å². The van der Waals surface area contributed by atoms with Crippen LogP contribution in [-0.2, 0) is 10.3 Å². The fourth-order valence-electron chi connectivity index (χ4n) is 4.20. The summed E-state index contributed by atoms with van der Waals surface area (Å²) in [5, 5.41) is 3.47. The number of benzene rings is 4. The maximum Gasteiger partial charge on any atom is 0.269 e. The van der Waals surface area contributed by atoms with Crippen LogP contribution < -0.4 is 10.2 Å². The van der Waals surface area contributed by atoms with E-state index in [1.165, 1.54) is 4.90 Å². The molecule has 1 heterocycles. The predicted octanol–water partition coefficient (Wildman–Crippen LogP) is 5.99. The lowest BCUT2D eigenvalue weighted by atomic mass is 9.83. The van der Waals surface area contributed by atoms with E-state index in [0.29, 0.717) is 11.3 Å². The second-order valence-electron chi connectivity index (χ2n) is 7.58. The van der Waals surface area contributed by atoms with Crippen molar-refractivity contribution in [2.45, 2.75) is 5.54 Å². The smallest absolute Gasteiger partial charge is 0.269 e. The van der Waals surface area contributed by atoms with Crippen molar-refractivity contribution in [2.75, 3.05) is 10.2 Å². The molecule has 156 valence electrons. The summed E-state index contributed by atoms with van der Waals surface area (Å²) in [5.74, 6) is -0.690. The van der Waals surface area contributed by atoms with E-state index < -0.39 is 5.54 Å². The molecule has 1 atom stereocenters. The average molecular weight is 483 g/mol. The Morgan fingerprint density at radius 3 is 2.03 bits per heavy atom. The molecule has 5 rings (SSSR count). The van der Waals surface area contributed by atoms with Gasteiger partial charge in [-0.05, 0) is 48.0 Å². The standard InChI is InChI=1S/C27H19BrN2O2/c28-21-17-15-19(16-18-21)25(31)30-24-14-8-7-13-23(24)27(26(30)32,20-9-3-1-4-10-20)29-22-11-5-2-6-12-22/h1-18,29H/t27-/m0/s1. The number of halogens is 1. The summed E-state index contributed by atoms with van der Waals surface area (Å²) in [7, 11) is 0.